The predicted molar refractivity (Wildman–Crippen MR) is 30.4 cm³/mol. The molecule has 0 rings (SSSR count). The van der Waals surface area contributed by atoms with E-state index in [0.29, 0.717) is 0 Å². The van der Waals surface area contributed by atoms with Crippen LogP contribution in [0, 0.1) is 0 Å². The van der Waals surface area contributed by atoms with Crippen LogP contribution in [-0.4, -0.2) is 92.2 Å². The van der Waals surface area contributed by atoms with Gasteiger partial charge < -0.3 is 20.1 Å². The minimum Gasteiger partial charge on any atom is -2.00 e. The van der Waals surface area contributed by atoms with Crippen molar-refractivity contribution in [2.45, 2.75) is 0 Å². The van der Waals surface area contributed by atoms with Gasteiger partial charge in [-0.25, -0.2) is 0 Å². The van der Waals surface area contributed by atoms with E-state index in [1.165, 1.54) is 0 Å². The fourth-order valence-electron chi connectivity index (χ4n) is 0. The van der Waals surface area contributed by atoms with Crippen LogP contribution in [0.1, 0.15) is 0 Å². The summed E-state index contributed by atoms with van der Waals surface area (Å²) in [6.45, 7) is 0. The average molecular weight is 202 g/mol. The van der Waals surface area contributed by atoms with Crippen molar-refractivity contribution in [1.29, 1.82) is 0 Å². The summed E-state index contributed by atoms with van der Waals surface area (Å²) in [4.78, 5) is 0. The van der Waals surface area contributed by atoms with Crippen LogP contribution in [-0.2, 0) is 15.9 Å². The van der Waals surface area contributed by atoms with Gasteiger partial charge in [-0.15, -0.1) is 0 Å². The van der Waals surface area contributed by atoms with E-state index in [1.807, 2.05) is 0 Å². The first-order valence-corrected chi connectivity index (χ1v) is 2.00. The Hall–Kier alpha value is 2.09. The summed E-state index contributed by atoms with van der Waals surface area (Å²) in [6.07, 6.45) is 0. The van der Waals surface area contributed by atoms with E-state index >= 15 is 0 Å². The molecule has 0 aromatic carbocycles. The molecule has 0 heterocycles. The maximum Gasteiger partial charge on any atom is 2.00 e. The minimum atomic E-state index is -5.17. The van der Waals surface area contributed by atoms with E-state index < -0.39 is 10.4 Å². The van der Waals surface area contributed by atoms with E-state index in [9.17, 15) is 0 Å². The summed E-state index contributed by atoms with van der Waals surface area (Å²) in [5.41, 5.74) is 0. The van der Waals surface area contributed by atoms with Crippen molar-refractivity contribution in [2.24, 2.45) is 0 Å². The average Bonchev–Trinajstić information content (AvgIpc) is 0.722. The van der Waals surface area contributed by atoms with Crippen molar-refractivity contribution in [2.75, 3.05) is 0 Å². The molecule has 0 saturated heterocycles. The molecule has 0 atom stereocenters. The second kappa shape index (κ2) is 17.3. The van der Waals surface area contributed by atoms with Gasteiger partial charge in [-0.3, -0.25) is 8.42 Å². The molecule has 6 nitrogen and oxygen atoms in total. The molecule has 0 aromatic rings. The Morgan fingerprint density at radius 1 is 0.900 bits per heavy atom. The quantitative estimate of drug-likeness (QED) is 0.237. The fourth-order valence-corrected chi connectivity index (χ4v) is 0. The molecule has 48 valence electrons. The number of rotatable bonds is 0. The first-order valence-electron chi connectivity index (χ1n) is 0.667. The Bertz CT molecular complexity index is 96.2. The Morgan fingerprint density at radius 3 is 0.900 bits per heavy atom. The molecule has 0 aliphatic carbocycles. The third-order valence-electron chi connectivity index (χ3n) is 0. The van der Waals surface area contributed by atoms with Crippen LogP contribution in [0.2, 0.25) is 0 Å². The van der Waals surface area contributed by atoms with Crippen LogP contribution in [0.4, 0.5) is 0 Å². The van der Waals surface area contributed by atoms with Crippen LogP contribution >= 0.6 is 0 Å². The molecule has 0 amide bonds. The van der Waals surface area contributed by atoms with Crippen molar-refractivity contribution < 1.29 is 28.5 Å². The molecule has 0 aliphatic heterocycles. The molecule has 10 heteroatoms. The van der Waals surface area contributed by atoms with Gasteiger partial charge in [0.05, 0.1) is 0 Å². The second-order valence-corrected chi connectivity index (χ2v) is 1.22. The molecule has 0 fully saturated rings. The van der Waals surface area contributed by atoms with Crippen molar-refractivity contribution >= 4 is 79.6 Å². The minimum absolute atomic E-state index is 0. The Labute approximate surface area is 107 Å². The van der Waals surface area contributed by atoms with Crippen LogP contribution in [0.15, 0.2) is 0 Å². The Morgan fingerprint density at radius 2 is 0.900 bits per heavy atom. The molecule has 10 heavy (non-hydrogen) atoms. The van der Waals surface area contributed by atoms with Crippen LogP contribution in [0.3, 0.4) is 0 Å². The smallest absolute Gasteiger partial charge is 2.00 e. The second-order valence-electron chi connectivity index (χ2n) is 0.408. The van der Waals surface area contributed by atoms with Crippen molar-refractivity contribution in [3.05, 3.63) is 0 Å². The van der Waals surface area contributed by atoms with Gasteiger partial charge in [-0.1, -0.05) is 0 Å². The van der Waals surface area contributed by atoms with Crippen molar-refractivity contribution in [3.8, 4) is 0 Å². The van der Waals surface area contributed by atoms with Crippen LogP contribution in [0.5, 0.6) is 0 Å². The number of hydrogen-bond donors (Lipinski definition) is 0. The molecule has 0 radical (unpaired) electrons. The first-order chi connectivity index (χ1) is 2.00. The van der Waals surface area contributed by atoms with E-state index in [0.717, 1.165) is 0 Å². The molecule has 0 spiro atoms. The Kier molecular flexibility index (Phi) is 69.2. The van der Waals surface area contributed by atoms with E-state index in [-0.39, 0.29) is 80.1 Å². The van der Waals surface area contributed by atoms with Crippen LogP contribution < -0.4 is 0 Å². The third-order valence-corrected chi connectivity index (χ3v) is 0. The summed E-state index contributed by atoms with van der Waals surface area (Å²) >= 11 is 0. The molecular formula is HMg3O6S+. The van der Waals surface area contributed by atoms with Gasteiger partial charge in [0.25, 0.3) is 0 Å². The van der Waals surface area contributed by atoms with Gasteiger partial charge in [-0.2, -0.15) is 0 Å². The maximum absolute atomic E-state index is 8.52. The largest absolute Gasteiger partial charge is 2.00 e. The van der Waals surface area contributed by atoms with Gasteiger partial charge in [0.2, 0.25) is 0 Å². The molecule has 1 N–H and O–H groups in total. The van der Waals surface area contributed by atoms with E-state index in [1.54, 1.807) is 0 Å². The normalized spacial score (nSPS) is 5.80. The topological polar surface area (TPSA) is 139 Å². The molecule has 0 aromatic heterocycles. The van der Waals surface area contributed by atoms with Gasteiger partial charge >= 0.3 is 69.2 Å². The first kappa shape index (κ1) is 40.1. The van der Waals surface area contributed by atoms with Crippen molar-refractivity contribution in [3.63, 3.8) is 0 Å². The summed E-state index contributed by atoms with van der Waals surface area (Å²) in [7, 11) is -5.17. The van der Waals surface area contributed by atoms with E-state index in [4.69, 9.17) is 17.5 Å². The van der Waals surface area contributed by atoms with Crippen LogP contribution in [0.25, 0.3) is 0 Å². The standard InChI is InChI=1S/3Mg.H2O4S.H2O.O/c;;;1-5(2,3)4;;/h;;;(H2,1,2,3,4);1H2;/q3*+2;;;-2/p-3. The summed E-state index contributed by atoms with van der Waals surface area (Å²) in [6, 6.07) is 0. The summed E-state index contributed by atoms with van der Waals surface area (Å²) < 4.78 is 34.1. The van der Waals surface area contributed by atoms with Gasteiger partial charge in [0.15, 0.2) is 0 Å². The zero-order valence-electron chi connectivity index (χ0n) is 5.02. The SMILES string of the molecule is O=S(=O)([O-])[O-].[Mg+2].[Mg+2].[Mg+2].[O-2].[OH-]. The van der Waals surface area contributed by atoms with Crippen molar-refractivity contribution in [1.82, 2.24) is 0 Å². The Balaban J connectivity index is -0.00000000800. The third kappa shape index (κ3) is 191. The maximum atomic E-state index is 8.52. The number of hydrogen-bond acceptors (Lipinski definition) is 5. The summed E-state index contributed by atoms with van der Waals surface area (Å²) in [5, 5.41) is 0. The predicted octanol–water partition coefficient (Wildman–Crippen LogP) is -2.78. The summed E-state index contributed by atoms with van der Waals surface area (Å²) in [5.74, 6) is 0. The molecule has 0 saturated carbocycles. The van der Waals surface area contributed by atoms with E-state index in [2.05, 4.69) is 0 Å². The van der Waals surface area contributed by atoms with Gasteiger partial charge in [0.1, 0.15) is 0 Å². The van der Waals surface area contributed by atoms with Gasteiger partial charge in [-0.05, 0) is 0 Å². The molecular weight excluding hydrogens is 201 g/mol. The molecule has 0 aliphatic rings. The molecule has 0 unspecified atom stereocenters. The zero-order valence-corrected chi connectivity index (χ0v) is 10.1. The van der Waals surface area contributed by atoms with Gasteiger partial charge in [0, 0.05) is 10.4 Å². The fraction of sp³-hybridized carbons (Fsp3) is 0. The monoisotopic (exact) mass is 201 g/mol. The zero-order chi connectivity index (χ0) is 4.50. The molecule has 0 bridgehead atoms.